The summed E-state index contributed by atoms with van der Waals surface area (Å²) in [7, 11) is 0. The van der Waals surface area contributed by atoms with Crippen LogP contribution in [0, 0.1) is 0 Å². The van der Waals surface area contributed by atoms with Crippen LogP contribution in [0.2, 0.25) is 0 Å². The van der Waals surface area contributed by atoms with Crippen molar-refractivity contribution in [3.8, 4) is 0 Å². The summed E-state index contributed by atoms with van der Waals surface area (Å²) in [6.45, 7) is 0.430. The van der Waals surface area contributed by atoms with Crippen LogP contribution in [0.25, 0.3) is 0 Å². The molecule has 19 heavy (non-hydrogen) atoms. The molecule has 0 spiro atoms. The molecule has 0 bridgehead atoms. The Kier molecular flexibility index (Phi) is 3.07. The van der Waals surface area contributed by atoms with Crippen LogP contribution in [-0.2, 0) is 4.79 Å². The van der Waals surface area contributed by atoms with E-state index in [-0.39, 0.29) is 0 Å². The van der Waals surface area contributed by atoms with E-state index in [0.29, 0.717) is 12.1 Å². The van der Waals surface area contributed by atoms with E-state index in [2.05, 4.69) is 9.88 Å². The van der Waals surface area contributed by atoms with E-state index in [0.717, 1.165) is 24.9 Å². The first-order chi connectivity index (χ1) is 9.25. The van der Waals surface area contributed by atoms with Gasteiger partial charge in [0, 0.05) is 11.9 Å². The molecule has 1 aromatic heterocycles. The summed E-state index contributed by atoms with van der Waals surface area (Å²) in [6.07, 6.45) is 9.71. The van der Waals surface area contributed by atoms with E-state index in [1.807, 2.05) is 18.2 Å². The Hall–Kier alpha value is -2.10. The summed E-state index contributed by atoms with van der Waals surface area (Å²) in [4.78, 5) is 17.5. The molecule has 0 saturated heterocycles. The zero-order chi connectivity index (χ0) is 13.2. The van der Waals surface area contributed by atoms with Crippen molar-refractivity contribution in [2.24, 2.45) is 0 Å². The average Bonchev–Trinajstić information content (AvgIpc) is 2.47. The fourth-order valence-electron chi connectivity index (χ4n) is 2.79. The largest absolute Gasteiger partial charge is 0.478 e. The molecule has 0 saturated carbocycles. The fraction of sp³-hybridized carbons (Fsp3) is 0.333. The summed E-state index contributed by atoms with van der Waals surface area (Å²) >= 11 is 0. The van der Waals surface area contributed by atoms with Gasteiger partial charge in [-0.2, -0.15) is 0 Å². The number of hydrogen-bond acceptors (Lipinski definition) is 3. The number of hydrogen-bond donors (Lipinski definition) is 1. The number of nitrogens with zero attached hydrogens (tertiary/aromatic N) is 2. The zero-order valence-corrected chi connectivity index (χ0v) is 10.7. The van der Waals surface area contributed by atoms with Gasteiger partial charge in [-0.15, -0.1) is 0 Å². The van der Waals surface area contributed by atoms with E-state index in [1.165, 1.54) is 17.7 Å². The lowest BCUT2D eigenvalue weighted by atomic mass is 9.90. The molecular weight excluding hydrogens is 240 g/mol. The monoisotopic (exact) mass is 256 g/mol. The third-order valence-corrected chi connectivity index (χ3v) is 3.72. The maximum Gasteiger partial charge on any atom is 0.333 e. The van der Waals surface area contributed by atoms with Gasteiger partial charge in [-0.05, 0) is 49.5 Å². The van der Waals surface area contributed by atoms with Gasteiger partial charge in [0.25, 0.3) is 0 Å². The van der Waals surface area contributed by atoms with Gasteiger partial charge in [0.2, 0.25) is 0 Å². The van der Waals surface area contributed by atoms with Crippen molar-refractivity contribution in [1.82, 2.24) is 4.98 Å². The van der Waals surface area contributed by atoms with Crippen LogP contribution in [0.1, 0.15) is 25.7 Å². The Bertz CT molecular complexity index is 561. The summed E-state index contributed by atoms with van der Waals surface area (Å²) in [5, 5.41) is 9.26. The van der Waals surface area contributed by atoms with Gasteiger partial charge in [-0.3, -0.25) is 4.98 Å². The minimum atomic E-state index is -0.828. The quantitative estimate of drug-likeness (QED) is 0.884. The molecule has 0 aromatic carbocycles. The molecule has 0 amide bonds. The smallest absolute Gasteiger partial charge is 0.333 e. The van der Waals surface area contributed by atoms with Gasteiger partial charge in [-0.25, -0.2) is 4.79 Å². The predicted octanol–water partition coefficient (Wildman–Crippen LogP) is 2.74. The fourth-order valence-corrected chi connectivity index (χ4v) is 2.79. The zero-order valence-electron chi connectivity index (χ0n) is 10.7. The molecule has 1 aromatic rings. The molecule has 4 heteroatoms. The topological polar surface area (TPSA) is 53.4 Å². The Morgan fingerprint density at radius 3 is 2.89 bits per heavy atom. The van der Waals surface area contributed by atoms with E-state index in [9.17, 15) is 9.90 Å². The van der Waals surface area contributed by atoms with E-state index >= 15 is 0 Å². The Labute approximate surface area is 112 Å². The standard InChI is InChI=1S/C15H16N2O2/c18-15(19)12-8-11-4-1-2-6-14(11)17(10-12)13-5-3-7-16-9-13/h3,5,7-9H,1-2,4,6,10H2,(H,18,19). The summed E-state index contributed by atoms with van der Waals surface area (Å²) in [5.41, 5.74) is 3.89. The van der Waals surface area contributed by atoms with Crippen molar-refractivity contribution < 1.29 is 9.90 Å². The van der Waals surface area contributed by atoms with E-state index < -0.39 is 5.97 Å². The highest BCUT2D eigenvalue weighted by atomic mass is 16.4. The molecule has 2 aliphatic rings. The second kappa shape index (κ2) is 4.88. The Morgan fingerprint density at radius 1 is 1.32 bits per heavy atom. The van der Waals surface area contributed by atoms with Crippen molar-refractivity contribution in [2.45, 2.75) is 25.7 Å². The van der Waals surface area contributed by atoms with Crippen molar-refractivity contribution in [2.75, 3.05) is 11.4 Å². The van der Waals surface area contributed by atoms with Crippen LogP contribution in [-0.4, -0.2) is 22.6 Å². The minimum absolute atomic E-state index is 0.430. The van der Waals surface area contributed by atoms with Crippen LogP contribution < -0.4 is 4.90 Å². The Morgan fingerprint density at radius 2 is 2.16 bits per heavy atom. The number of allylic oxidation sites excluding steroid dienone is 3. The third-order valence-electron chi connectivity index (χ3n) is 3.72. The van der Waals surface area contributed by atoms with Crippen LogP contribution in [0.5, 0.6) is 0 Å². The summed E-state index contributed by atoms with van der Waals surface area (Å²) < 4.78 is 0. The number of pyridine rings is 1. The van der Waals surface area contributed by atoms with Crippen molar-refractivity contribution >= 4 is 11.7 Å². The molecule has 1 aliphatic carbocycles. The lowest BCUT2D eigenvalue weighted by molar-refractivity contribution is -0.132. The number of carboxylic acids is 1. The lowest BCUT2D eigenvalue weighted by Gasteiger charge is -2.35. The maximum atomic E-state index is 11.3. The number of aromatic nitrogens is 1. The van der Waals surface area contributed by atoms with Crippen LogP contribution in [0.15, 0.2) is 47.4 Å². The van der Waals surface area contributed by atoms with Gasteiger partial charge < -0.3 is 10.0 Å². The highest BCUT2D eigenvalue weighted by Gasteiger charge is 2.26. The first kappa shape index (κ1) is 12.0. The molecule has 0 unspecified atom stereocenters. The minimum Gasteiger partial charge on any atom is -0.478 e. The third kappa shape index (κ3) is 2.26. The molecule has 2 heterocycles. The molecule has 3 rings (SSSR count). The van der Waals surface area contributed by atoms with Gasteiger partial charge in [0.05, 0.1) is 24.0 Å². The van der Waals surface area contributed by atoms with Crippen LogP contribution >= 0.6 is 0 Å². The van der Waals surface area contributed by atoms with Gasteiger partial charge >= 0.3 is 5.97 Å². The molecule has 98 valence electrons. The van der Waals surface area contributed by atoms with Crippen LogP contribution in [0.4, 0.5) is 5.69 Å². The molecular formula is C15H16N2O2. The number of rotatable bonds is 2. The highest BCUT2D eigenvalue weighted by Crippen LogP contribution is 2.35. The first-order valence-corrected chi connectivity index (χ1v) is 6.59. The second-order valence-corrected chi connectivity index (χ2v) is 4.95. The molecule has 4 nitrogen and oxygen atoms in total. The molecule has 0 radical (unpaired) electrons. The molecule has 0 fully saturated rings. The normalized spacial score (nSPS) is 18.9. The van der Waals surface area contributed by atoms with E-state index in [4.69, 9.17) is 0 Å². The summed E-state index contributed by atoms with van der Waals surface area (Å²) in [5.74, 6) is -0.828. The van der Waals surface area contributed by atoms with Crippen molar-refractivity contribution in [3.63, 3.8) is 0 Å². The van der Waals surface area contributed by atoms with Gasteiger partial charge in [0.1, 0.15) is 0 Å². The number of carboxylic acid groups (broad SMARTS) is 1. The van der Waals surface area contributed by atoms with Crippen molar-refractivity contribution in [1.29, 1.82) is 0 Å². The van der Waals surface area contributed by atoms with Gasteiger partial charge in [0.15, 0.2) is 0 Å². The molecule has 0 atom stereocenters. The second-order valence-electron chi connectivity index (χ2n) is 4.95. The van der Waals surface area contributed by atoms with Crippen molar-refractivity contribution in [3.05, 3.63) is 47.4 Å². The van der Waals surface area contributed by atoms with Gasteiger partial charge in [-0.1, -0.05) is 0 Å². The molecule has 1 aliphatic heterocycles. The lowest BCUT2D eigenvalue weighted by Crippen LogP contribution is -2.32. The average molecular weight is 256 g/mol. The predicted molar refractivity (Wildman–Crippen MR) is 72.8 cm³/mol. The molecule has 1 N–H and O–H groups in total. The summed E-state index contributed by atoms with van der Waals surface area (Å²) in [6, 6.07) is 3.87. The highest BCUT2D eigenvalue weighted by molar-refractivity contribution is 5.89. The maximum absolute atomic E-state index is 11.3. The Balaban J connectivity index is 2.03. The number of aliphatic carboxylic acids is 1. The first-order valence-electron chi connectivity index (χ1n) is 6.59. The van der Waals surface area contributed by atoms with E-state index in [1.54, 1.807) is 12.4 Å². The SMILES string of the molecule is O=C(O)C1=CC2=C(CCCC2)N(c2cccnc2)C1. The number of anilines is 1. The number of carbonyl (C=O) groups is 1. The van der Waals surface area contributed by atoms with Crippen LogP contribution in [0.3, 0.4) is 0 Å².